The van der Waals surface area contributed by atoms with Crippen molar-refractivity contribution >= 4 is 33.4 Å². The summed E-state index contributed by atoms with van der Waals surface area (Å²) >= 11 is 7.54. The van der Waals surface area contributed by atoms with Gasteiger partial charge in [-0.15, -0.1) is 11.8 Å². The number of benzene rings is 1. The van der Waals surface area contributed by atoms with Crippen LogP contribution in [0.4, 0.5) is 0 Å². The number of sulfonamides is 1. The van der Waals surface area contributed by atoms with Crippen LogP contribution in [-0.2, 0) is 16.4 Å². The Bertz CT molecular complexity index is 957. The van der Waals surface area contributed by atoms with Crippen LogP contribution in [0, 0.1) is 5.92 Å². The quantitative estimate of drug-likeness (QED) is 0.636. The van der Waals surface area contributed by atoms with Gasteiger partial charge in [-0.1, -0.05) is 18.0 Å². The minimum absolute atomic E-state index is 0.0781. The van der Waals surface area contributed by atoms with Gasteiger partial charge in [-0.25, -0.2) is 8.42 Å². The molecule has 1 saturated carbocycles. The zero-order chi connectivity index (χ0) is 17.4. The molecule has 5 rings (SSSR count). The van der Waals surface area contributed by atoms with E-state index in [0.717, 1.165) is 42.0 Å². The maximum absolute atomic E-state index is 13.4. The highest BCUT2D eigenvalue weighted by Gasteiger charge is 2.75. The van der Waals surface area contributed by atoms with E-state index in [2.05, 4.69) is 10.2 Å². The van der Waals surface area contributed by atoms with Gasteiger partial charge in [0.15, 0.2) is 0 Å². The van der Waals surface area contributed by atoms with Gasteiger partial charge in [0.1, 0.15) is 0 Å². The van der Waals surface area contributed by atoms with Crippen LogP contribution in [0.2, 0.25) is 5.02 Å². The van der Waals surface area contributed by atoms with Gasteiger partial charge in [-0.05, 0) is 55.7 Å². The number of hydrogen-bond donors (Lipinski definition) is 1. The summed E-state index contributed by atoms with van der Waals surface area (Å²) in [4.78, 5) is 0.321. The number of hydrogen-bond acceptors (Lipinski definition) is 4. The van der Waals surface area contributed by atoms with Gasteiger partial charge in [0, 0.05) is 10.6 Å². The van der Waals surface area contributed by atoms with Crippen molar-refractivity contribution < 1.29 is 8.42 Å². The minimum atomic E-state index is -3.55. The summed E-state index contributed by atoms with van der Waals surface area (Å²) in [5, 5.41) is 9.12. The van der Waals surface area contributed by atoms with Crippen LogP contribution in [0.1, 0.15) is 36.6 Å². The molecule has 3 aliphatic rings. The third-order valence-corrected chi connectivity index (χ3v) is 8.93. The van der Waals surface area contributed by atoms with Crippen molar-refractivity contribution in [1.82, 2.24) is 14.5 Å². The normalized spacial score (nSPS) is 32.8. The third-order valence-electron chi connectivity index (χ3n) is 6.02. The molecule has 0 bridgehead atoms. The van der Waals surface area contributed by atoms with Crippen LogP contribution >= 0.6 is 23.4 Å². The Kier molecular flexibility index (Phi) is 3.40. The van der Waals surface area contributed by atoms with E-state index in [0.29, 0.717) is 15.8 Å². The molecule has 1 aromatic carbocycles. The Morgan fingerprint density at radius 2 is 2.12 bits per heavy atom. The van der Waals surface area contributed by atoms with E-state index in [1.807, 2.05) is 6.26 Å². The summed E-state index contributed by atoms with van der Waals surface area (Å²) in [7, 11) is -3.55. The number of nitrogens with zero attached hydrogens (tertiary/aromatic N) is 2. The predicted molar refractivity (Wildman–Crippen MR) is 97.4 cm³/mol. The number of aromatic amines is 1. The molecule has 0 amide bonds. The first-order valence-corrected chi connectivity index (χ1v) is 11.5. The molecule has 4 unspecified atom stereocenters. The SMILES string of the molecule is CSc1[nH]nc2c1C1N(S(=O)(=O)c3ccc(Cl)cc3)C13CCCC3C2. The second kappa shape index (κ2) is 5.25. The maximum Gasteiger partial charge on any atom is 0.244 e. The van der Waals surface area contributed by atoms with Crippen LogP contribution in [0.3, 0.4) is 0 Å². The zero-order valence-corrected chi connectivity index (χ0v) is 16.1. The Hall–Kier alpha value is -1.02. The van der Waals surface area contributed by atoms with Crippen molar-refractivity contribution in [2.24, 2.45) is 5.92 Å². The summed E-state index contributed by atoms with van der Waals surface area (Å²) in [6.07, 6.45) is 5.96. The van der Waals surface area contributed by atoms with Gasteiger partial charge >= 0.3 is 0 Å². The zero-order valence-electron chi connectivity index (χ0n) is 13.7. The highest BCUT2D eigenvalue weighted by atomic mass is 35.5. The highest BCUT2D eigenvalue weighted by molar-refractivity contribution is 7.98. The first-order valence-electron chi connectivity index (χ1n) is 8.41. The lowest BCUT2D eigenvalue weighted by Crippen LogP contribution is -2.30. The van der Waals surface area contributed by atoms with Crippen LogP contribution in [-0.4, -0.2) is 34.7 Å². The van der Waals surface area contributed by atoms with Crippen molar-refractivity contribution in [3.63, 3.8) is 0 Å². The van der Waals surface area contributed by atoms with Gasteiger partial charge in [0.05, 0.1) is 27.2 Å². The summed E-state index contributed by atoms with van der Waals surface area (Å²) < 4.78 is 28.5. The minimum Gasteiger partial charge on any atom is -0.271 e. The van der Waals surface area contributed by atoms with Crippen LogP contribution < -0.4 is 0 Å². The average Bonchev–Trinajstić information content (AvgIpc) is 2.89. The lowest BCUT2D eigenvalue weighted by molar-refractivity contribution is 0.378. The number of aromatic nitrogens is 2. The van der Waals surface area contributed by atoms with Crippen LogP contribution in [0.5, 0.6) is 0 Å². The first kappa shape index (κ1) is 16.2. The molecule has 2 heterocycles. The van der Waals surface area contributed by atoms with Gasteiger partial charge in [-0.2, -0.15) is 9.40 Å². The Morgan fingerprint density at radius 3 is 2.84 bits per heavy atom. The van der Waals surface area contributed by atoms with E-state index in [4.69, 9.17) is 11.6 Å². The maximum atomic E-state index is 13.4. The molecule has 1 aliphatic heterocycles. The number of rotatable bonds is 3. The van der Waals surface area contributed by atoms with Crippen LogP contribution in [0.15, 0.2) is 34.2 Å². The van der Waals surface area contributed by atoms with Gasteiger partial charge in [-0.3, -0.25) is 5.10 Å². The van der Waals surface area contributed by atoms with Crippen molar-refractivity contribution in [3.05, 3.63) is 40.5 Å². The van der Waals surface area contributed by atoms with Gasteiger partial charge < -0.3 is 0 Å². The Morgan fingerprint density at radius 1 is 1.36 bits per heavy atom. The molecule has 2 aliphatic carbocycles. The number of H-pyrrole nitrogens is 1. The molecule has 1 saturated heterocycles. The molecule has 4 atom stereocenters. The standard InChI is InChI=1S/C17H18ClN3O2S2/c1-24-16-14-13(19-20-16)9-10-3-2-8-17(10)15(14)21(17)25(22,23)12-6-4-11(18)5-7-12/h4-7,10,15H,2-3,8-9H2,1H3,(H,19,20). The van der Waals surface area contributed by atoms with E-state index in [-0.39, 0.29) is 11.6 Å². The van der Waals surface area contributed by atoms with Crippen molar-refractivity contribution in [3.8, 4) is 0 Å². The second-order valence-electron chi connectivity index (χ2n) is 7.06. The van der Waals surface area contributed by atoms with E-state index < -0.39 is 10.0 Å². The highest BCUT2D eigenvalue weighted by Crippen LogP contribution is 2.70. The molecule has 5 nitrogen and oxygen atoms in total. The topological polar surface area (TPSA) is 65.8 Å². The lowest BCUT2D eigenvalue weighted by Gasteiger charge is -2.23. The van der Waals surface area contributed by atoms with E-state index >= 15 is 0 Å². The van der Waals surface area contributed by atoms with E-state index in [1.54, 1.807) is 40.3 Å². The van der Waals surface area contributed by atoms with Crippen molar-refractivity contribution in [1.29, 1.82) is 0 Å². The second-order valence-corrected chi connectivity index (χ2v) is 10.1. The molecule has 8 heteroatoms. The summed E-state index contributed by atoms with van der Waals surface area (Å²) in [6.45, 7) is 0. The van der Waals surface area contributed by atoms with Crippen LogP contribution in [0.25, 0.3) is 0 Å². The number of nitrogens with one attached hydrogen (secondary N) is 1. The Balaban J connectivity index is 1.65. The largest absolute Gasteiger partial charge is 0.271 e. The summed E-state index contributed by atoms with van der Waals surface area (Å²) in [5.74, 6) is 0.366. The fourth-order valence-corrected chi connectivity index (χ4v) is 7.71. The number of halogens is 1. The smallest absolute Gasteiger partial charge is 0.244 e. The average molecular weight is 396 g/mol. The summed E-state index contributed by atoms with van der Waals surface area (Å²) in [6, 6.07) is 6.41. The molecule has 2 aromatic rings. The first-order chi connectivity index (χ1) is 12.0. The van der Waals surface area contributed by atoms with Gasteiger partial charge in [0.25, 0.3) is 0 Å². The molecule has 0 radical (unpaired) electrons. The molecule has 1 aromatic heterocycles. The fourth-order valence-electron chi connectivity index (χ4n) is 4.98. The monoisotopic (exact) mass is 395 g/mol. The third kappa shape index (κ3) is 2.01. The Labute approximate surface area is 156 Å². The van der Waals surface area contributed by atoms with E-state index in [1.165, 1.54) is 0 Å². The lowest BCUT2D eigenvalue weighted by atomic mass is 9.80. The molecule has 1 N–H and O–H groups in total. The molecular weight excluding hydrogens is 378 g/mol. The fraction of sp³-hybridized carbons (Fsp3) is 0.471. The molecule has 2 fully saturated rings. The predicted octanol–water partition coefficient (Wildman–Crippen LogP) is 3.63. The molecule has 132 valence electrons. The molecular formula is C17H18ClN3O2S2. The summed E-state index contributed by atoms with van der Waals surface area (Å²) in [5.41, 5.74) is 1.90. The van der Waals surface area contributed by atoms with Gasteiger partial charge in [0.2, 0.25) is 10.0 Å². The van der Waals surface area contributed by atoms with Crippen molar-refractivity contribution in [2.45, 2.75) is 47.2 Å². The molecule has 1 spiro atoms. The number of fused-ring (bicyclic) bond motifs is 2. The molecule has 25 heavy (non-hydrogen) atoms. The number of thioether (sulfide) groups is 1. The van der Waals surface area contributed by atoms with Crippen molar-refractivity contribution in [2.75, 3.05) is 6.26 Å². The van der Waals surface area contributed by atoms with E-state index in [9.17, 15) is 8.42 Å².